The zero-order valence-corrected chi connectivity index (χ0v) is 22.5. The lowest BCUT2D eigenvalue weighted by atomic mass is 9.93. The zero-order valence-electron chi connectivity index (χ0n) is 22.5. The average molecular weight is 528 g/mol. The van der Waals surface area contributed by atoms with Crippen molar-refractivity contribution in [2.75, 3.05) is 36.9 Å². The highest BCUT2D eigenvalue weighted by atomic mass is 16.5. The summed E-state index contributed by atoms with van der Waals surface area (Å²) >= 11 is 0. The van der Waals surface area contributed by atoms with E-state index in [9.17, 15) is 4.79 Å². The van der Waals surface area contributed by atoms with Crippen molar-refractivity contribution in [2.45, 2.75) is 45.4 Å². The number of likely N-dealkylation sites (tertiary alicyclic amines) is 1. The molecule has 0 radical (unpaired) electrons. The van der Waals surface area contributed by atoms with Crippen LogP contribution < -0.4 is 15.4 Å². The lowest BCUT2D eigenvalue weighted by Crippen LogP contribution is -2.33. The highest BCUT2D eigenvalue weighted by Gasteiger charge is 2.20. The van der Waals surface area contributed by atoms with Gasteiger partial charge in [-0.15, -0.1) is 0 Å². The highest BCUT2D eigenvalue weighted by molar-refractivity contribution is 5.99. The molecule has 4 aromatic rings. The van der Waals surface area contributed by atoms with Gasteiger partial charge in [-0.25, -0.2) is 9.31 Å². The largest absolute Gasteiger partial charge is 0.476 e. The topological polar surface area (TPSA) is 110 Å². The number of urea groups is 1. The maximum absolute atomic E-state index is 12.3. The minimum absolute atomic E-state index is 0.192. The van der Waals surface area contributed by atoms with Crippen LogP contribution in [0.1, 0.15) is 56.9 Å². The van der Waals surface area contributed by atoms with Crippen LogP contribution in [0.15, 0.2) is 53.3 Å². The van der Waals surface area contributed by atoms with Crippen molar-refractivity contribution >= 4 is 23.2 Å². The van der Waals surface area contributed by atoms with E-state index in [0.717, 1.165) is 25.2 Å². The summed E-state index contributed by atoms with van der Waals surface area (Å²) in [6, 6.07) is 10.4. The third-order valence-corrected chi connectivity index (χ3v) is 6.42. The third kappa shape index (κ3) is 6.94. The molecule has 5 rings (SSSR count). The minimum atomic E-state index is -0.408. The Bertz CT molecular complexity index is 1480. The molecule has 2 amide bonds. The van der Waals surface area contributed by atoms with E-state index in [1.807, 2.05) is 45.2 Å². The van der Waals surface area contributed by atoms with Crippen LogP contribution in [0.5, 0.6) is 5.88 Å². The molecule has 1 fully saturated rings. The van der Waals surface area contributed by atoms with Gasteiger partial charge in [-0.2, -0.15) is 10.1 Å². The molecule has 0 spiro atoms. The molecule has 10 heteroatoms. The highest BCUT2D eigenvalue weighted by Crippen LogP contribution is 2.24. The molecule has 1 saturated heterocycles. The number of carbonyl (C=O) groups excluding carboxylic acids is 1. The molecule has 2 N–H and O–H groups in total. The van der Waals surface area contributed by atoms with Crippen LogP contribution >= 0.6 is 0 Å². The van der Waals surface area contributed by atoms with Crippen molar-refractivity contribution in [1.82, 2.24) is 24.7 Å². The van der Waals surface area contributed by atoms with Crippen LogP contribution in [-0.2, 0) is 5.41 Å². The van der Waals surface area contributed by atoms with Gasteiger partial charge in [0.2, 0.25) is 5.88 Å². The summed E-state index contributed by atoms with van der Waals surface area (Å²) in [6.07, 6.45) is 7.38. The number of nitrogens with zero attached hydrogens (tertiary/aromatic N) is 5. The predicted octanol–water partition coefficient (Wildman–Crippen LogP) is 4.92. The van der Waals surface area contributed by atoms with E-state index in [1.165, 1.54) is 19.3 Å². The Morgan fingerprint density at radius 2 is 1.87 bits per heavy atom. The lowest BCUT2D eigenvalue weighted by molar-refractivity contribution is 0.180. The van der Waals surface area contributed by atoms with Crippen LogP contribution in [0.2, 0.25) is 0 Å². The second-order valence-corrected chi connectivity index (χ2v) is 10.6. The Hall–Kier alpha value is -4.36. The van der Waals surface area contributed by atoms with Crippen molar-refractivity contribution in [2.24, 2.45) is 0 Å². The number of anilines is 2. The van der Waals surface area contributed by atoms with Crippen molar-refractivity contribution in [1.29, 1.82) is 0 Å². The monoisotopic (exact) mass is 527 g/mol. The van der Waals surface area contributed by atoms with Crippen molar-refractivity contribution < 1.29 is 14.1 Å². The van der Waals surface area contributed by atoms with Crippen LogP contribution in [0, 0.1) is 11.8 Å². The van der Waals surface area contributed by atoms with Gasteiger partial charge in [-0.05, 0) is 50.2 Å². The Morgan fingerprint density at radius 3 is 2.62 bits per heavy atom. The number of piperidine rings is 1. The molecular formula is C29H33N7O3. The van der Waals surface area contributed by atoms with Crippen LogP contribution in [0.3, 0.4) is 0 Å². The van der Waals surface area contributed by atoms with Gasteiger partial charge in [0.1, 0.15) is 12.4 Å². The van der Waals surface area contributed by atoms with Gasteiger partial charge in [0.15, 0.2) is 11.5 Å². The first-order chi connectivity index (χ1) is 18.8. The average Bonchev–Trinajstić information content (AvgIpc) is 3.56. The first-order valence-corrected chi connectivity index (χ1v) is 13.2. The molecule has 0 saturated carbocycles. The standard InChI is InChI=1S/C29H33N7O3/c1-29(2,3)24-19-25(34-39-24)32-28(37)31-23-11-8-21(9-12-23)7-10-22-20-30-36-16-13-26(33-27(22)36)38-18-17-35-14-5-4-6-15-35/h8-9,11-13,16,19-20H,4-6,14-15,17-18H2,1-3H3,(H2,31,32,34,37). The molecule has 1 aliphatic rings. The number of carbonyl (C=O) groups is 1. The number of benzene rings is 1. The van der Waals surface area contributed by atoms with Gasteiger partial charge in [0.05, 0.1) is 11.8 Å². The van der Waals surface area contributed by atoms with Gasteiger partial charge in [-0.1, -0.05) is 44.2 Å². The SMILES string of the molecule is CC(C)(C)c1cc(NC(=O)Nc2ccc(C#Cc3cnn4ccc(OCCN5CCCCC5)nc34)cc2)no1. The zero-order chi connectivity index (χ0) is 27.2. The number of aromatic nitrogens is 4. The molecule has 10 nitrogen and oxygen atoms in total. The van der Waals surface area contributed by atoms with Gasteiger partial charge >= 0.3 is 6.03 Å². The second kappa shape index (κ2) is 11.6. The third-order valence-electron chi connectivity index (χ3n) is 6.42. The first-order valence-electron chi connectivity index (χ1n) is 13.2. The van der Waals surface area contributed by atoms with E-state index >= 15 is 0 Å². The number of nitrogens with one attached hydrogen (secondary N) is 2. The van der Waals surface area contributed by atoms with E-state index < -0.39 is 6.03 Å². The summed E-state index contributed by atoms with van der Waals surface area (Å²) in [5.74, 6) is 7.91. The van der Waals surface area contributed by atoms with E-state index in [1.54, 1.807) is 28.9 Å². The van der Waals surface area contributed by atoms with Gasteiger partial charge < -0.3 is 14.6 Å². The molecule has 1 aromatic carbocycles. The fourth-order valence-electron chi connectivity index (χ4n) is 4.23. The van der Waals surface area contributed by atoms with Crippen molar-refractivity contribution in [3.63, 3.8) is 0 Å². The van der Waals surface area contributed by atoms with Gasteiger partial charge in [-0.3, -0.25) is 10.2 Å². The summed E-state index contributed by atoms with van der Waals surface area (Å²) in [4.78, 5) is 19.4. The normalized spacial score (nSPS) is 14.0. The van der Waals surface area contributed by atoms with Crippen LogP contribution in [-0.4, -0.2) is 56.9 Å². The van der Waals surface area contributed by atoms with E-state index in [4.69, 9.17) is 9.26 Å². The maximum Gasteiger partial charge on any atom is 0.324 e. The number of hydrogen-bond acceptors (Lipinski definition) is 7. The number of hydrogen-bond donors (Lipinski definition) is 2. The molecular weight excluding hydrogens is 494 g/mol. The summed E-state index contributed by atoms with van der Waals surface area (Å²) in [5, 5.41) is 13.7. The summed E-state index contributed by atoms with van der Waals surface area (Å²) in [5.41, 5.74) is 2.58. The number of fused-ring (bicyclic) bond motifs is 1. The molecule has 3 aromatic heterocycles. The summed E-state index contributed by atoms with van der Waals surface area (Å²) in [7, 11) is 0. The molecule has 1 aliphatic heterocycles. The second-order valence-electron chi connectivity index (χ2n) is 10.6. The number of ether oxygens (including phenoxy) is 1. The Labute approximate surface area is 227 Å². The fourth-order valence-corrected chi connectivity index (χ4v) is 4.23. The molecule has 39 heavy (non-hydrogen) atoms. The Kier molecular flexibility index (Phi) is 7.79. The molecule has 0 atom stereocenters. The summed E-state index contributed by atoms with van der Waals surface area (Å²) in [6.45, 7) is 9.83. The van der Waals surface area contributed by atoms with E-state index in [0.29, 0.717) is 41.0 Å². The lowest BCUT2D eigenvalue weighted by Gasteiger charge is -2.25. The van der Waals surface area contributed by atoms with Crippen LogP contribution in [0.4, 0.5) is 16.3 Å². The van der Waals surface area contributed by atoms with Crippen molar-refractivity contribution in [3.8, 4) is 17.7 Å². The molecule has 202 valence electrons. The smallest absolute Gasteiger partial charge is 0.324 e. The fraction of sp³-hybridized carbons (Fsp3) is 0.379. The van der Waals surface area contributed by atoms with E-state index in [-0.39, 0.29) is 5.41 Å². The van der Waals surface area contributed by atoms with Gasteiger partial charge in [0, 0.05) is 41.5 Å². The number of rotatable bonds is 6. The molecule has 0 unspecified atom stereocenters. The minimum Gasteiger partial charge on any atom is -0.476 e. The van der Waals surface area contributed by atoms with Gasteiger partial charge in [0.25, 0.3) is 0 Å². The quantitative estimate of drug-likeness (QED) is 0.342. The predicted molar refractivity (Wildman–Crippen MR) is 149 cm³/mol. The maximum atomic E-state index is 12.3. The van der Waals surface area contributed by atoms with Crippen molar-refractivity contribution in [3.05, 3.63) is 65.7 Å². The number of amides is 2. The van der Waals surface area contributed by atoms with Crippen LogP contribution in [0.25, 0.3) is 5.65 Å². The first kappa shape index (κ1) is 26.3. The molecule has 4 heterocycles. The summed E-state index contributed by atoms with van der Waals surface area (Å²) < 4.78 is 12.9. The van der Waals surface area contributed by atoms with E-state index in [2.05, 4.69) is 42.6 Å². The molecule has 0 bridgehead atoms. The Balaban J connectivity index is 1.17. The Morgan fingerprint density at radius 1 is 1.08 bits per heavy atom. The molecule has 0 aliphatic carbocycles.